The summed E-state index contributed by atoms with van der Waals surface area (Å²) in [5, 5.41) is 0.0968. The number of hydrogen-bond donors (Lipinski definition) is 1. The second-order valence-corrected chi connectivity index (χ2v) is 9.89. The zero-order valence-electron chi connectivity index (χ0n) is 17.4. The first-order valence-corrected chi connectivity index (χ1v) is 12.0. The molecule has 2 aromatic rings. The van der Waals surface area contributed by atoms with Crippen LogP contribution in [-0.4, -0.2) is 46.0 Å². The van der Waals surface area contributed by atoms with Crippen LogP contribution in [0, 0.1) is 0 Å². The van der Waals surface area contributed by atoms with Crippen molar-refractivity contribution in [1.82, 2.24) is 9.62 Å². The highest BCUT2D eigenvalue weighted by Gasteiger charge is 2.34. The van der Waals surface area contributed by atoms with Gasteiger partial charge in [-0.25, -0.2) is 13.1 Å². The Morgan fingerprint density at radius 1 is 1.10 bits per heavy atom. The molecule has 2 fully saturated rings. The number of likely N-dealkylation sites (tertiary alicyclic amines) is 1. The van der Waals surface area contributed by atoms with Crippen LogP contribution in [0.25, 0.3) is 0 Å². The second-order valence-electron chi connectivity index (χ2n) is 7.81. The molecule has 0 aromatic heterocycles. The smallest absolute Gasteiger partial charge is 0.254 e. The van der Waals surface area contributed by atoms with Crippen molar-refractivity contribution in [1.29, 1.82) is 0 Å². The number of sulfonamides is 1. The second kappa shape index (κ2) is 8.68. The molecule has 2 aromatic carbocycles. The predicted molar refractivity (Wildman–Crippen MR) is 117 cm³/mol. The number of carbonyl (C=O) groups is 1. The molecular weight excluding hydrogens is 440 g/mol. The number of methoxy groups -OCH3 is 2. The van der Waals surface area contributed by atoms with E-state index in [0.717, 1.165) is 31.2 Å². The topological polar surface area (TPSA) is 84.9 Å². The van der Waals surface area contributed by atoms with Gasteiger partial charge in [0.25, 0.3) is 5.91 Å². The molecular formula is C22H25ClN2O5S. The van der Waals surface area contributed by atoms with Crippen LogP contribution in [-0.2, 0) is 10.0 Å². The standard InChI is InChI=1S/C22H25ClN2O5S/c1-29-16-8-9-17(20(13-16)30-2)19-4-3-11-25(19)22(26)14-5-10-18(23)21(12-14)31(27,28)24-15-6-7-15/h5,8-10,12-13,15,19,24H,3-4,6-7,11H2,1-2H3/t19-/m0/s1. The molecule has 1 heterocycles. The molecule has 0 radical (unpaired) electrons. The van der Waals surface area contributed by atoms with Crippen LogP contribution in [0.3, 0.4) is 0 Å². The van der Waals surface area contributed by atoms with Crippen LogP contribution in [0.15, 0.2) is 41.3 Å². The normalized spacial score (nSPS) is 18.8. The fourth-order valence-electron chi connectivity index (χ4n) is 3.92. The highest BCUT2D eigenvalue weighted by atomic mass is 35.5. The van der Waals surface area contributed by atoms with Gasteiger partial charge in [-0.3, -0.25) is 4.79 Å². The number of halogens is 1. The van der Waals surface area contributed by atoms with Gasteiger partial charge in [-0.1, -0.05) is 11.6 Å². The maximum Gasteiger partial charge on any atom is 0.254 e. The summed E-state index contributed by atoms with van der Waals surface area (Å²) in [6, 6.07) is 9.74. The third-order valence-corrected chi connectivity index (χ3v) is 7.68. The molecule has 7 nitrogen and oxygen atoms in total. The highest BCUT2D eigenvalue weighted by molar-refractivity contribution is 7.89. The van der Waals surface area contributed by atoms with Crippen molar-refractivity contribution >= 4 is 27.5 Å². The maximum atomic E-state index is 13.4. The number of rotatable bonds is 7. The van der Waals surface area contributed by atoms with E-state index in [1.165, 1.54) is 12.1 Å². The van der Waals surface area contributed by atoms with E-state index in [1.807, 2.05) is 12.1 Å². The van der Waals surface area contributed by atoms with Gasteiger partial charge in [-0.05, 0) is 56.0 Å². The summed E-state index contributed by atoms with van der Waals surface area (Å²) in [5.41, 5.74) is 1.19. The Bertz CT molecular complexity index is 1100. The molecule has 1 amide bonds. The molecule has 1 atom stereocenters. The van der Waals surface area contributed by atoms with Gasteiger partial charge in [0.1, 0.15) is 16.4 Å². The molecule has 1 aliphatic heterocycles. The number of carbonyl (C=O) groups excluding carboxylic acids is 1. The molecule has 1 saturated carbocycles. The van der Waals surface area contributed by atoms with Crippen molar-refractivity contribution in [3.63, 3.8) is 0 Å². The molecule has 0 spiro atoms. The number of ether oxygens (including phenoxy) is 2. The van der Waals surface area contributed by atoms with Gasteiger partial charge in [0.2, 0.25) is 10.0 Å². The Kier molecular flexibility index (Phi) is 6.14. The van der Waals surface area contributed by atoms with E-state index in [-0.39, 0.29) is 27.9 Å². The molecule has 2 aliphatic rings. The predicted octanol–water partition coefficient (Wildman–Crippen LogP) is 3.78. The molecule has 0 unspecified atom stereocenters. The summed E-state index contributed by atoms with van der Waals surface area (Å²) in [7, 11) is -0.605. The van der Waals surface area contributed by atoms with Gasteiger partial charge < -0.3 is 14.4 Å². The molecule has 1 aliphatic carbocycles. The minimum Gasteiger partial charge on any atom is -0.497 e. The van der Waals surface area contributed by atoms with Gasteiger partial charge in [0, 0.05) is 29.8 Å². The van der Waals surface area contributed by atoms with Crippen molar-refractivity contribution in [2.75, 3.05) is 20.8 Å². The molecule has 31 heavy (non-hydrogen) atoms. The maximum absolute atomic E-state index is 13.4. The lowest BCUT2D eigenvalue weighted by Gasteiger charge is -2.27. The molecule has 9 heteroatoms. The van der Waals surface area contributed by atoms with Crippen LogP contribution in [0.5, 0.6) is 11.5 Å². The molecule has 4 rings (SSSR count). The van der Waals surface area contributed by atoms with E-state index in [0.29, 0.717) is 23.6 Å². The first-order valence-electron chi connectivity index (χ1n) is 10.2. The molecule has 0 bridgehead atoms. The van der Waals surface area contributed by atoms with Gasteiger partial charge in [0.05, 0.1) is 25.3 Å². The van der Waals surface area contributed by atoms with Gasteiger partial charge in [-0.15, -0.1) is 0 Å². The minimum absolute atomic E-state index is 0.0501. The summed E-state index contributed by atoms with van der Waals surface area (Å²) in [4.78, 5) is 15.1. The largest absolute Gasteiger partial charge is 0.497 e. The van der Waals surface area contributed by atoms with Crippen LogP contribution in [0.4, 0.5) is 0 Å². The first kappa shape index (κ1) is 21.9. The van der Waals surface area contributed by atoms with E-state index >= 15 is 0 Å². The Morgan fingerprint density at radius 3 is 2.55 bits per heavy atom. The summed E-state index contributed by atoms with van der Waals surface area (Å²) < 4.78 is 38.8. The van der Waals surface area contributed by atoms with Gasteiger partial charge >= 0.3 is 0 Å². The van der Waals surface area contributed by atoms with E-state index in [9.17, 15) is 13.2 Å². The monoisotopic (exact) mass is 464 g/mol. The fraction of sp³-hybridized carbons (Fsp3) is 0.409. The minimum atomic E-state index is -3.78. The SMILES string of the molecule is COc1ccc([C@@H]2CCCN2C(=O)c2ccc(Cl)c(S(=O)(=O)NC3CC3)c2)c(OC)c1. The molecule has 1 saturated heterocycles. The van der Waals surface area contributed by atoms with Crippen LogP contribution < -0.4 is 14.2 Å². The number of nitrogens with one attached hydrogen (secondary N) is 1. The van der Waals surface area contributed by atoms with Crippen molar-refractivity contribution in [2.24, 2.45) is 0 Å². The number of benzene rings is 2. The van der Waals surface area contributed by atoms with Crippen molar-refractivity contribution in [2.45, 2.75) is 42.7 Å². The van der Waals surface area contributed by atoms with Crippen LogP contribution >= 0.6 is 11.6 Å². The summed E-state index contributed by atoms with van der Waals surface area (Å²) in [6.07, 6.45) is 3.26. The third kappa shape index (κ3) is 4.51. The van der Waals surface area contributed by atoms with E-state index in [4.69, 9.17) is 21.1 Å². The van der Waals surface area contributed by atoms with Crippen molar-refractivity contribution in [3.05, 3.63) is 52.5 Å². The van der Waals surface area contributed by atoms with E-state index in [2.05, 4.69) is 4.72 Å². The highest BCUT2D eigenvalue weighted by Crippen LogP contribution is 2.39. The Morgan fingerprint density at radius 2 is 1.87 bits per heavy atom. The Labute approximate surface area is 187 Å². The Balaban J connectivity index is 1.64. The van der Waals surface area contributed by atoms with Crippen LogP contribution in [0.2, 0.25) is 5.02 Å². The number of hydrogen-bond acceptors (Lipinski definition) is 5. The number of nitrogens with zero attached hydrogens (tertiary/aromatic N) is 1. The van der Waals surface area contributed by atoms with E-state index < -0.39 is 10.0 Å². The molecule has 1 N–H and O–H groups in total. The lowest BCUT2D eigenvalue weighted by atomic mass is 10.0. The van der Waals surface area contributed by atoms with Crippen molar-refractivity contribution in [3.8, 4) is 11.5 Å². The van der Waals surface area contributed by atoms with Gasteiger partial charge in [-0.2, -0.15) is 0 Å². The van der Waals surface area contributed by atoms with Gasteiger partial charge in [0.15, 0.2) is 0 Å². The summed E-state index contributed by atoms with van der Waals surface area (Å²) in [6.45, 7) is 0.573. The average Bonchev–Trinajstić information content (AvgIpc) is 3.43. The lowest BCUT2D eigenvalue weighted by molar-refractivity contribution is 0.0734. The van der Waals surface area contributed by atoms with Crippen molar-refractivity contribution < 1.29 is 22.7 Å². The zero-order valence-corrected chi connectivity index (χ0v) is 19.0. The van der Waals surface area contributed by atoms with Crippen LogP contribution in [0.1, 0.15) is 47.6 Å². The lowest BCUT2D eigenvalue weighted by Crippen LogP contribution is -2.31. The quantitative estimate of drug-likeness (QED) is 0.674. The number of amides is 1. The third-order valence-electron chi connectivity index (χ3n) is 5.68. The average molecular weight is 465 g/mol. The zero-order chi connectivity index (χ0) is 22.2. The fourth-order valence-corrected chi connectivity index (χ4v) is 5.75. The van der Waals surface area contributed by atoms with E-state index in [1.54, 1.807) is 31.3 Å². The first-order chi connectivity index (χ1) is 14.8. The molecule has 166 valence electrons. The Hall–Kier alpha value is -2.29. The summed E-state index contributed by atoms with van der Waals surface area (Å²) in [5.74, 6) is 1.09. The summed E-state index contributed by atoms with van der Waals surface area (Å²) >= 11 is 6.17.